The molecule has 0 atom stereocenters. The van der Waals surface area contributed by atoms with Crippen molar-refractivity contribution >= 4 is 22.9 Å². The van der Waals surface area contributed by atoms with Gasteiger partial charge in [-0.1, -0.05) is 19.1 Å². The normalized spacial score (nSPS) is 14.9. The Bertz CT molecular complexity index is 792. The molecule has 6 heteroatoms. The number of benzene rings is 1. The maximum atomic E-state index is 13.9. The highest BCUT2D eigenvalue weighted by Crippen LogP contribution is 2.28. The van der Waals surface area contributed by atoms with Crippen molar-refractivity contribution in [3.05, 3.63) is 52.0 Å². The van der Waals surface area contributed by atoms with Gasteiger partial charge in [0.05, 0.1) is 10.6 Å². The third-order valence-corrected chi connectivity index (χ3v) is 5.66. The SMILES string of the molecule is CCCN(C(=O)c1cccs1)C1CCN(c2cccc(F)c2C#N)CC1. The van der Waals surface area contributed by atoms with E-state index in [-0.39, 0.29) is 17.5 Å². The number of carbonyl (C=O) groups excluding carboxylic acids is 1. The van der Waals surface area contributed by atoms with Crippen LogP contribution in [0.3, 0.4) is 0 Å². The number of rotatable bonds is 5. The summed E-state index contributed by atoms with van der Waals surface area (Å²) in [6.45, 7) is 4.24. The van der Waals surface area contributed by atoms with Gasteiger partial charge in [0.25, 0.3) is 5.91 Å². The van der Waals surface area contributed by atoms with E-state index in [1.807, 2.05) is 28.5 Å². The van der Waals surface area contributed by atoms with E-state index in [9.17, 15) is 14.4 Å². The summed E-state index contributed by atoms with van der Waals surface area (Å²) in [6.07, 6.45) is 2.55. The Hall–Kier alpha value is -2.39. The molecular formula is C20H22FN3OS. The number of nitriles is 1. The summed E-state index contributed by atoms with van der Waals surface area (Å²) in [5.74, 6) is -0.378. The fraction of sp³-hybridized carbons (Fsp3) is 0.400. The number of halogens is 1. The fourth-order valence-corrected chi connectivity index (χ4v) is 4.22. The fourth-order valence-electron chi connectivity index (χ4n) is 3.54. The summed E-state index contributed by atoms with van der Waals surface area (Å²) in [5.41, 5.74) is 0.753. The van der Waals surface area contributed by atoms with E-state index in [0.29, 0.717) is 18.8 Å². The second kappa shape index (κ2) is 8.33. The lowest BCUT2D eigenvalue weighted by Crippen LogP contribution is -2.47. The molecule has 2 aromatic rings. The molecule has 26 heavy (non-hydrogen) atoms. The van der Waals surface area contributed by atoms with Crippen LogP contribution in [0.25, 0.3) is 0 Å². The first kappa shape index (κ1) is 18.4. The smallest absolute Gasteiger partial charge is 0.264 e. The Morgan fingerprint density at radius 3 is 2.73 bits per heavy atom. The van der Waals surface area contributed by atoms with Gasteiger partial charge in [-0.25, -0.2) is 4.39 Å². The lowest BCUT2D eigenvalue weighted by molar-refractivity contribution is 0.0655. The molecule has 1 fully saturated rings. The van der Waals surface area contributed by atoms with E-state index in [0.717, 1.165) is 30.7 Å². The molecule has 0 unspecified atom stereocenters. The standard InChI is InChI=1S/C20H22FN3OS/c1-2-10-24(20(25)19-7-4-13-26-19)15-8-11-23(12-9-15)18-6-3-5-17(21)16(18)14-22/h3-7,13,15H,2,8-12H2,1H3. The largest absolute Gasteiger partial charge is 0.370 e. The van der Waals surface area contributed by atoms with Gasteiger partial charge in [-0.15, -0.1) is 11.3 Å². The molecule has 0 aliphatic carbocycles. The Labute approximate surface area is 157 Å². The predicted octanol–water partition coefficient (Wildman–Crippen LogP) is 4.28. The number of piperidine rings is 1. The minimum Gasteiger partial charge on any atom is -0.370 e. The maximum absolute atomic E-state index is 13.9. The van der Waals surface area contributed by atoms with Crippen LogP contribution >= 0.6 is 11.3 Å². The Morgan fingerprint density at radius 1 is 1.35 bits per heavy atom. The molecule has 136 valence electrons. The summed E-state index contributed by atoms with van der Waals surface area (Å²) >= 11 is 1.47. The van der Waals surface area contributed by atoms with Gasteiger partial charge in [-0.2, -0.15) is 5.26 Å². The number of carbonyl (C=O) groups is 1. The van der Waals surface area contributed by atoms with Crippen LogP contribution < -0.4 is 4.90 Å². The number of thiophene rings is 1. The first-order chi connectivity index (χ1) is 12.7. The van der Waals surface area contributed by atoms with Gasteiger partial charge in [-0.05, 0) is 42.8 Å². The molecule has 0 saturated carbocycles. The summed E-state index contributed by atoms with van der Waals surface area (Å²) in [5, 5.41) is 11.2. The van der Waals surface area contributed by atoms with Crippen LogP contribution in [0.15, 0.2) is 35.7 Å². The highest BCUT2D eigenvalue weighted by molar-refractivity contribution is 7.12. The highest BCUT2D eigenvalue weighted by Gasteiger charge is 2.29. The van der Waals surface area contributed by atoms with E-state index in [1.165, 1.54) is 17.4 Å². The lowest BCUT2D eigenvalue weighted by Gasteiger charge is -2.39. The summed E-state index contributed by atoms with van der Waals surface area (Å²) in [4.78, 5) is 17.6. The molecule has 1 saturated heterocycles. The van der Waals surface area contributed by atoms with Gasteiger partial charge in [0.15, 0.2) is 0 Å². The molecule has 1 aliphatic rings. The van der Waals surface area contributed by atoms with E-state index < -0.39 is 5.82 Å². The van der Waals surface area contributed by atoms with Crippen molar-refractivity contribution in [3.63, 3.8) is 0 Å². The zero-order chi connectivity index (χ0) is 18.5. The van der Waals surface area contributed by atoms with Crippen molar-refractivity contribution < 1.29 is 9.18 Å². The van der Waals surface area contributed by atoms with Gasteiger partial charge in [-0.3, -0.25) is 4.79 Å². The van der Waals surface area contributed by atoms with Crippen LogP contribution in [0.2, 0.25) is 0 Å². The first-order valence-electron chi connectivity index (χ1n) is 8.93. The summed E-state index contributed by atoms with van der Waals surface area (Å²) in [6, 6.07) is 10.7. The van der Waals surface area contributed by atoms with E-state index >= 15 is 0 Å². The molecular weight excluding hydrogens is 349 g/mol. The minimum absolute atomic E-state index is 0.101. The van der Waals surface area contributed by atoms with Crippen LogP contribution in [-0.2, 0) is 0 Å². The summed E-state index contributed by atoms with van der Waals surface area (Å²) in [7, 11) is 0. The average molecular weight is 371 g/mol. The van der Waals surface area contributed by atoms with Crippen molar-refractivity contribution in [1.29, 1.82) is 5.26 Å². The highest BCUT2D eigenvalue weighted by atomic mass is 32.1. The van der Waals surface area contributed by atoms with Crippen LogP contribution in [-0.4, -0.2) is 36.5 Å². The molecule has 1 aromatic heterocycles. The van der Waals surface area contributed by atoms with Crippen molar-refractivity contribution in [2.24, 2.45) is 0 Å². The van der Waals surface area contributed by atoms with Gasteiger partial charge in [0, 0.05) is 25.7 Å². The molecule has 0 N–H and O–H groups in total. The monoisotopic (exact) mass is 371 g/mol. The molecule has 0 bridgehead atoms. The van der Waals surface area contributed by atoms with Crippen LogP contribution in [0.1, 0.15) is 41.4 Å². The molecule has 1 aliphatic heterocycles. The van der Waals surface area contributed by atoms with E-state index in [1.54, 1.807) is 12.1 Å². The van der Waals surface area contributed by atoms with Gasteiger partial charge in [0.2, 0.25) is 0 Å². The number of hydrogen-bond donors (Lipinski definition) is 0. The van der Waals surface area contributed by atoms with Crippen molar-refractivity contribution in [1.82, 2.24) is 4.90 Å². The topological polar surface area (TPSA) is 47.3 Å². The third-order valence-electron chi connectivity index (χ3n) is 4.81. The van der Waals surface area contributed by atoms with Gasteiger partial charge in [0.1, 0.15) is 17.4 Å². The van der Waals surface area contributed by atoms with E-state index in [4.69, 9.17) is 0 Å². The van der Waals surface area contributed by atoms with Crippen molar-refractivity contribution in [2.75, 3.05) is 24.5 Å². The Morgan fingerprint density at radius 2 is 2.12 bits per heavy atom. The average Bonchev–Trinajstić information content (AvgIpc) is 3.20. The molecule has 2 heterocycles. The Balaban J connectivity index is 1.72. The quantitative estimate of drug-likeness (QED) is 0.788. The second-order valence-corrected chi connectivity index (χ2v) is 7.39. The molecule has 3 rings (SSSR count). The number of amides is 1. The number of nitrogens with zero attached hydrogens (tertiary/aromatic N) is 3. The van der Waals surface area contributed by atoms with Crippen LogP contribution in [0.4, 0.5) is 10.1 Å². The van der Waals surface area contributed by atoms with E-state index in [2.05, 4.69) is 11.8 Å². The third kappa shape index (κ3) is 3.73. The molecule has 1 aromatic carbocycles. The summed E-state index contributed by atoms with van der Waals surface area (Å²) < 4.78 is 13.9. The molecule has 4 nitrogen and oxygen atoms in total. The van der Waals surface area contributed by atoms with Crippen molar-refractivity contribution in [2.45, 2.75) is 32.2 Å². The van der Waals surface area contributed by atoms with Crippen LogP contribution in [0, 0.1) is 17.1 Å². The van der Waals surface area contributed by atoms with Crippen LogP contribution in [0.5, 0.6) is 0 Å². The zero-order valence-electron chi connectivity index (χ0n) is 14.8. The van der Waals surface area contributed by atoms with Crippen molar-refractivity contribution in [3.8, 4) is 6.07 Å². The number of anilines is 1. The number of hydrogen-bond acceptors (Lipinski definition) is 4. The maximum Gasteiger partial charge on any atom is 0.264 e. The predicted molar refractivity (Wildman–Crippen MR) is 102 cm³/mol. The molecule has 1 amide bonds. The van der Waals surface area contributed by atoms with Gasteiger partial charge < -0.3 is 9.80 Å². The van der Waals surface area contributed by atoms with Gasteiger partial charge >= 0.3 is 0 Å². The first-order valence-corrected chi connectivity index (χ1v) is 9.81. The molecule has 0 radical (unpaired) electrons. The minimum atomic E-state index is -0.479. The molecule has 0 spiro atoms. The second-order valence-electron chi connectivity index (χ2n) is 6.44. The zero-order valence-corrected chi connectivity index (χ0v) is 15.6. The Kier molecular flexibility index (Phi) is 5.89. The lowest BCUT2D eigenvalue weighted by atomic mass is 10.0.